The zero-order valence-electron chi connectivity index (χ0n) is 13.3. The SMILES string of the molecule is COc1ccc(/C(C)=N/N=C(\C)c2ccc(OC)cc2)cc1. The van der Waals surface area contributed by atoms with Crippen molar-refractivity contribution >= 4 is 11.4 Å². The van der Waals surface area contributed by atoms with Crippen molar-refractivity contribution < 1.29 is 9.47 Å². The molecule has 22 heavy (non-hydrogen) atoms. The van der Waals surface area contributed by atoms with E-state index in [4.69, 9.17) is 9.47 Å². The highest BCUT2D eigenvalue weighted by Crippen LogP contribution is 2.13. The quantitative estimate of drug-likeness (QED) is 0.619. The smallest absolute Gasteiger partial charge is 0.118 e. The Balaban J connectivity index is 2.15. The molecular weight excluding hydrogens is 276 g/mol. The molecule has 0 fully saturated rings. The predicted octanol–water partition coefficient (Wildman–Crippen LogP) is 3.94. The normalized spacial score (nSPS) is 12.2. The fourth-order valence-electron chi connectivity index (χ4n) is 1.93. The Morgan fingerprint density at radius 3 is 1.23 bits per heavy atom. The summed E-state index contributed by atoms with van der Waals surface area (Å²) < 4.78 is 10.3. The Hall–Kier alpha value is -2.62. The van der Waals surface area contributed by atoms with Gasteiger partial charge in [0.2, 0.25) is 0 Å². The van der Waals surface area contributed by atoms with Crippen molar-refractivity contribution in [1.82, 2.24) is 0 Å². The van der Waals surface area contributed by atoms with E-state index >= 15 is 0 Å². The highest BCUT2D eigenvalue weighted by Gasteiger charge is 2.00. The Labute approximate surface area is 131 Å². The van der Waals surface area contributed by atoms with E-state index in [1.54, 1.807) is 14.2 Å². The van der Waals surface area contributed by atoms with Gasteiger partial charge in [-0.1, -0.05) is 0 Å². The largest absolute Gasteiger partial charge is 0.497 e. The summed E-state index contributed by atoms with van der Waals surface area (Å²) in [5.74, 6) is 1.66. The third kappa shape index (κ3) is 3.95. The highest BCUT2D eigenvalue weighted by atomic mass is 16.5. The monoisotopic (exact) mass is 296 g/mol. The van der Waals surface area contributed by atoms with Crippen molar-refractivity contribution in [2.24, 2.45) is 10.2 Å². The van der Waals surface area contributed by atoms with Gasteiger partial charge in [-0.25, -0.2) is 0 Å². The van der Waals surface area contributed by atoms with Crippen LogP contribution < -0.4 is 9.47 Å². The first-order valence-corrected chi connectivity index (χ1v) is 7.01. The highest BCUT2D eigenvalue weighted by molar-refractivity contribution is 6.01. The van der Waals surface area contributed by atoms with Crippen molar-refractivity contribution in [3.8, 4) is 11.5 Å². The molecule has 0 aromatic heterocycles. The second-order valence-corrected chi connectivity index (χ2v) is 4.83. The first-order chi connectivity index (χ1) is 10.6. The third-order valence-electron chi connectivity index (χ3n) is 3.37. The van der Waals surface area contributed by atoms with Crippen LogP contribution in [0.2, 0.25) is 0 Å². The molecule has 0 spiro atoms. The van der Waals surface area contributed by atoms with E-state index in [1.807, 2.05) is 62.4 Å². The molecule has 0 aliphatic rings. The minimum Gasteiger partial charge on any atom is -0.497 e. The van der Waals surface area contributed by atoms with Crippen LogP contribution in [0.3, 0.4) is 0 Å². The summed E-state index contributed by atoms with van der Waals surface area (Å²) in [6, 6.07) is 15.5. The molecule has 0 aliphatic carbocycles. The van der Waals surface area contributed by atoms with Gasteiger partial charge in [0.15, 0.2) is 0 Å². The van der Waals surface area contributed by atoms with Gasteiger partial charge in [0, 0.05) is 0 Å². The first kappa shape index (κ1) is 15.8. The molecule has 0 radical (unpaired) electrons. The molecular formula is C18H20N2O2. The van der Waals surface area contributed by atoms with Gasteiger partial charge in [-0.3, -0.25) is 0 Å². The lowest BCUT2D eigenvalue weighted by atomic mass is 10.1. The number of methoxy groups -OCH3 is 2. The van der Waals surface area contributed by atoms with Gasteiger partial charge in [0.1, 0.15) is 11.5 Å². The fourth-order valence-corrected chi connectivity index (χ4v) is 1.93. The molecule has 2 rings (SSSR count). The average Bonchev–Trinajstić information content (AvgIpc) is 2.59. The summed E-state index contributed by atoms with van der Waals surface area (Å²) in [4.78, 5) is 0. The lowest BCUT2D eigenvalue weighted by Gasteiger charge is -2.03. The van der Waals surface area contributed by atoms with Crippen LogP contribution in [-0.4, -0.2) is 25.6 Å². The van der Waals surface area contributed by atoms with E-state index in [0.717, 1.165) is 34.0 Å². The maximum Gasteiger partial charge on any atom is 0.118 e. The lowest BCUT2D eigenvalue weighted by molar-refractivity contribution is 0.414. The van der Waals surface area contributed by atoms with Crippen molar-refractivity contribution in [3.63, 3.8) is 0 Å². The topological polar surface area (TPSA) is 43.2 Å². The van der Waals surface area contributed by atoms with Crippen LogP contribution in [-0.2, 0) is 0 Å². The average molecular weight is 296 g/mol. The minimum absolute atomic E-state index is 0.828. The number of rotatable bonds is 5. The minimum atomic E-state index is 0.828. The molecule has 0 saturated carbocycles. The molecule has 114 valence electrons. The standard InChI is InChI=1S/C18H20N2O2/c1-13(15-5-9-17(21-3)10-6-15)19-20-14(2)16-7-11-18(22-4)12-8-16/h5-12H,1-4H3/b19-13+,20-14+. The number of nitrogens with zero attached hydrogens (tertiary/aromatic N) is 2. The first-order valence-electron chi connectivity index (χ1n) is 7.01. The van der Waals surface area contributed by atoms with Crippen molar-refractivity contribution in [3.05, 3.63) is 59.7 Å². The van der Waals surface area contributed by atoms with Crippen LogP contribution in [0.1, 0.15) is 25.0 Å². The Morgan fingerprint density at radius 2 is 0.955 bits per heavy atom. The van der Waals surface area contributed by atoms with Gasteiger partial charge < -0.3 is 9.47 Å². The maximum absolute atomic E-state index is 5.15. The second-order valence-electron chi connectivity index (χ2n) is 4.83. The molecule has 0 heterocycles. The Kier molecular flexibility index (Phi) is 5.31. The summed E-state index contributed by atoms with van der Waals surface area (Å²) in [7, 11) is 3.30. The number of hydrogen-bond donors (Lipinski definition) is 0. The van der Waals surface area contributed by atoms with Crippen LogP contribution in [0.4, 0.5) is 0 Å². The van der Waals surface area contributed by atoms with Gasteiger partial charge in [0.25, 0.3) is 0 Å². The van der Waals surface area contributed by atoms with Gasteiger partial charge in [-0.05, 0) is 73.5 Å². The van der Waals surface area contributed by atoms with Crippen LogP contribution in [0.25, 0.3) is 0 Å². The lowest BCUT2D eigenvalue weighted by Crippen LogP contribution is -1.97. The van der Waals surface area contributed by atoms with Gasteiger partial charge >= 0.3 is 0 Å². The zero-order chi connectivity index (χ0) is 15.9. The third-order valence-corrected chi connectivity index (χ3v) is 3.37. The van der Waals surface area contributed by atoms with Crippen molar-refractivity contribution in [2.45, 2.75) is 13.8 Å². The zero-order valence-corrected chi connectivity index (χ0v) is 13.3. The van der Waals surface area contributed by atoms with E-state index in [-0.39, 0.29) is 0 Å². The Bertz CT molecular complexity index is 610. The van der Waals surface area contributed by atoms with E-state index < -0.39 is 0 Å². The summed E-state index contributed by atoms with van der Waals surface area (Å²) in [5.41, 5.74) is 3.75. The second kappa shape index (κ2) is 7.41. The molecule has 0 aliphatic heterocycles. The maximum atomic E-state index is 5.15. The molecule has 0 atom stereocenters. The van der Waals surface area contributed by atoms with Gasteiger partial charge in [-0.15, -0.1) is 0 Å². The summed E-state index contributed by atoms with van der Waals surface area (Å²) in [6.07, 6.45) is 0. The number of hydrogen-bond acceptors (Lipinski definition) is 4. The van der Waals surface area contributed by atoms with Crippen molar-refractivity contribution in [1.29, 1.82) is 0 Å². The molecule has 4 nitrogen and oxygen atoms in total. The van der Waals surface area contributed by atoms with E-state index in [2.05, 4.69) is 10.2 Å². The molecule has 0 unspecified atom stereocenters. The van der Waals surface area contributed by atoms with E-state index in [1.165, 1.54) is 0 Å². The number of benzene rings is 2. The van der Waals surface area contributed by atoms with Gasteiger partial charge in [-0.2, -0.15) is 10.2 Å². The summed E-state index contributed by atoms with van der Waals surface area (Å²) in [6.45, 7) is 3.87. The number of ether oxygens (including phenoxy) is 2. The molecule has 0 N–H and O–H groups in total. The summed E-state index contributed by atoms with van der Waals surface area (Å²) in [5, 5.41) is 8.60. The van der Waals surface area contributed by atoms with Crippen LogP contribution >= 0.6 is 0 Å². The molecule has 2 aromatic rings. The van der Waals surface area contributed by atoms with Crippen LogP contribution in [0.5, 0.6) is 11.5 Å². The summed E-state index contributed by atoms with van der Waals surface area (Å²) >= 11 is 0. The molecule has 0 saturated heterocycles. The molecule has 0 bridgehead atoms. The fraction of sp³-hybridized carbons (Fsp3) is 0.222. The van der Waals surface area contributed by atoms with E-state index in [9.17, 15) is 0 Å². The van der Waals surface area contributed by atoms with Crippen molar-refractivity contribution in [2.75, 3.05) is 14.2 Å². The molecule has 2 aromatic carbocycles. The molecule has 0 amide bonds. The molecule has 4 heteroatoms. The Morgan fingerprint density at radius 1 is 0.636 bits per heavy atom. The van der Waals surface area contributed by atoms with E-state index in [0.29, 0.717) is 0 Å². The van der Waals surface area contributed by atoms with Crippen LogP contribution in [0.15, 0.2) is 58.7 Å². The predicted molar refractivity (Wildman–Crippen MR) is 90.4 cm³/mol. The van der Waals surface area contributed by atoms with Gasteiger partial charge in [0.05, 0.1) is 25.6 Å². The van der Waals surface area contributed by atoms with Crippen LogP contribution in [0, 0.1) is 0 Å².